The predicted molar refractivity (Wildman–Crippen MR) is 152 cm³/mol. The molecule has 0 bridgehead atoms. The minimum absolute atomic E-state index is 0.0288. The second kappa shape index (κ2) is 13.4. The van der Waals surface area contributed by atoms with E-state index >= 15 is 0 Å². The minimum Gasteiger partial charge on any atom is -0.354 e. The first-order valence-corrected chi connectivity index (χ1v) is 13.5. The number of aryl methyl sites for hydroxylation is 1. The Balaban J connectivity index is 1.88. The molecule has 0 spiro atoms. The molecule has 1 N–H and O–H groups in total. The number of nitrogens with zero attached hydrogens (tertiary/aromatic N) is 1. The number of halogens is 1. The van der Waals surface area contributed by atoms with E-state index < -0.39 is 6.04 Å². The van der Waals surface area contributed by atoms with Gasteiger partial charge in [-0.1, -0.05) is 107 Å². The van der Waals surface area contributed by atoms with Gasteiger partial charge in [0.1, 0.15) is 11.9 Å². The van der Waals surface area contributed by atoms with E-state index in [0.29, 0.717) is 24.9 Å². The zero-order chi connectivity index (χ0) is 27.7. The maximum Gasteiger partial charge on any atom is 0.243 e. The summed E-state index contributed by atoms with van der Waals surface area (Å²) in [6.45, 7) is 11.1. The fraction of sp³-hybridized carbons (Fsp3) is 0.394. The number of hydrogen-bond acceptors (Lipinski definition) is 2. The van der Waals surface area contributed by atoms with Crippen molar-refractivity contribution in [2.45, 2.75) is 71.9 Å². The molecule has 0 aromatic heterocycles. The van der Waals surface area contributed by atoms with Gasteiger partial charge in [0.25, 0.3) is 0 Å². The van der Waals surface area contributed by atoms with Gasteiger partial charge in [-0.2, -0.15) is 0 Å². The van der Waals surface area contributed by atoms with Crippen molar-refractivity contribution in [2.24, 2.45) is 5.92 Å². The second-order valence-electron chi connectivity index (χ2n) is 11.4. The fourth-order valence-corrected chi connectivity index (χ4v) is 4.35. The molecule has 0 radical (unpaired) electrons. The van der Waals surface area contributed by atoms with E-state index in [4.69, 9.17) is 0 Å². The summed E-state index contributed by atoms with van der Waals surface area (Å²) < 4.78 is 14.7. The maximum absolute atomic E-state index is 14.7. The van der Waals surface area contributed by atoms with Gasteiger partial charge in [-0.05, 0) is 40.5 Å². The molecule has 38 heavy (non-hydrogen) atoms. The molecule has 0 fully saturated rings. The van der Waals surface area contributed by atoms with E-state index in [0.717, 1.165) is 11.1 Å². The Kier molecular flexibility index (Phi) is 10.2. The van der Waals surface area contributed by atoms with Gasteiger partial charge in [0.05, 0.1) is 0 Å². The van der Waals surface area contributed by atoms with Crippen LogP contribution in [0.5, 0.6) is 0 Å². The van der Waals surface area contributed by atoms with Crippen LogP contribution in [0.4, 0.5) is 4.39 Å². The number of rotatable bonds is 11. The molecule has 0 heterocycles. The lowest BCUT2D eigenvalue weighted by Crippen LogP contribution is -2.51. The zero-order valence-corrected chi connectivity index (χ0v) is 23.3. The van der Waals surface area contributed by atoms with E-state index in [9.17, 15) is 14.0 Å². The number of benzene rings is 3. The van der Waals surface area contributed by atoms with Crippen molar-refractivity contribution in [3.05, 3.63) is 107 Å². The third-order valence-electron chi connectivity index (χ3n) is 6.70. The van der Waals surface area contributed by atoms with Crippen molar-refractivity contribution in [3.8, 4) is 0 Å². The standard InChI is InChI=1S/C33H41FN2O2/c1-24(2)22-35-32(38)30(21-26-11-7-6-8-12-26)36(23-27-13-9-10-14-29(27)34)31(37)20-17-25-15-18-28(19-16-25)33(3,4)5/h6-16,18-19,24,30H,17,20-23H2,1-5H3,(H,35,38)/t30-/m1/s1. The van der Waals surface area contributed by atoms with Crippen molar-refractivity contribution in [1.82, 2.24) is 10.2 Å². The molecule has 0 aliphatic heterocycles. The van der Waals surface area contributed by atoms with Crippen LogP contribution in [0.1, 0.15) is 63.3 Å². The summed E-state index contributed by atoms with van der Waals surface area (Å²) in [6.07, 6.45) is 1.13. The van der Waals surface area contributed by atoms with Crippen LogP contribution in [0.25, 0.3) is 0 Å². The van der Waals surface area contributed by atoms with Gasteiger partial charge in [0.15, 0.2) is 0 Å². The molecule has 4 nitrogen and oxygen atoms in total. The third-order valence-corrected chi connectivity index (χ3v) is 6.70. The van der Waals surface area contributed by atoms with Crippen molar-refractivity contribution >= 4 is 11.8 Å². The topological polar surface area (TPSA) is 49.4 Å². The number of nitrogens with one attached hydrogen (secondary N) is 1. The van der Waals surface area contributed by atoms with Gasteiger partial charge in [-0.15, -0.1) is 0 Å². The molecule has 3 aromatic rings. The molecule has 0 saturated heterocycles. The third kappa shape index (κ3) is 8.54. The summed E-state index contributed by atoms with van der Waals surface area (Å²) in [4.78, 5) is 28.8. The zero-order valence-electron chi connectivity index (χ0n) is 23.3. The summed E-state index contributed by atoms with van der Waals surface area (Å²) >= 11 is 0. The first-order chi connectivity index (χ1) is 18.0. The first kappa shape index (κ1) is 29.1. The van der Waals surface area contributed by atoms with Crippen LogP contribution in [0, 0.1) is 11.7 Å². The molecule has 202 valence electrons. The van der Waals surface area contributed by atoms with Crippen LogP contribution in [-0.4, -0.2) is 29.3 Å². The molecule has 0 unspecified atom stereocenters. The summed E-state index contributed by atoms with van der Waals surface area (Å²) in [7, 11) is 0. The Morgan fingerprint density at radius 2 is 1.50 bits per heavy atom. The van der Waals surface area contributed by atoms with Crippen LogP contribution in [0.2, 0.25) is 0 Å². The van der Waals surface area contributed by atoms with Gasteiger partial charge in [-0.3, -0.25) is 9.59 Å². The summed E-state index contributed by atoms with van der Waals surface area (Å²) in [6, 6.07) is 23.7. The average Bonchev–Trinajstić information content (AvgIpc) is 2.89. The van der Waals surface area contributed by atoms with Gasteiger partial charge in [0, 0.05) is 31.5 Å². The van der Waals surface area contributed by atoms with Gasteiger partial charge in [0.2, 0.25) is 11.8 Å². The number of hydrogen-bond donors (Lipinski definition) is 1. The van der Waals surface area contributed by atoms with E-state index in [-0.39, 0.29) is 41.9 Å². The SMILES string of the molecule is CC(C)CNC(=O)[C@@H](Cc1ccccc1)N(Cc1ccccc1F)C(=O)CCc1ccc(C(C)(C)C)cc1. The first-order valence-electron chi connectivity index (χ1n) is 13.5. The molecule has 2 amide bonds. The van der Waals surface area contributed by atoms with Crippen LogP contribution in [0.15, 0.2) is 78.9 Å². The molecule has 0 saturated carbocycles. The predicted octanol–water partition coefficient (Wildman–Crippen LogP) is 6.47. The van der Waals surface area contributed by atoms with Crippen molar-refractivity contribution < 1.29 is 14.0 Å². The number of carbonyl (C=O) groups excluding carboxylic acids is 2. The largest absolute Gasteiger partial charge is 0.354 e. The Bertz CT molecular complexity index is 1180. The molecule has 3 aromatic carbocycles. The van der Waals surface area contributed by atoms with Crippen LogP contribution < -0.4 is 5.32 Å². The van der Waals surface area contributed by atoms with Crippen LogP contribution in [0.3, 0.4) is 0 Å². The highest BCUT2D eigenvalue weighted by molar-refractivity contribution is 5.88. The number of amides is 2. The van der Waals surface area contributed by atoms with E-state index in [2.05, 4.69) is 50.4 Å². The van der Waals surface area contributed by atoms with Crippen LogP contribution in [-0.2, 0) is 34.4 Å². The molecule has 0 aliphatic carbocycles. The van der Waals surface area contributed by atoms with Gasteiger partial charge >= 0.3 is 0 Å². The van der Waals surface area contributed by atoms with Crippen molar-refractivity contribution in [1.29, 1.82) is 0 Å². The second-order valence-corrected chi connectivity index (χ2v) is 11.4. The lowest BCUT2D eigenvalue weighted by molar-refractivity contribution is -0.141. The molecule has 0 aliphatic rings. The van der Waals surface area contributed by atoms with Crippen LogP contribution >= 0.6 is 0 Å². The smallest absolute Gasteiger partial charge is 0.243 e. The summed E-state index contributed by atoms with van der Waals surface area (Å²) in [5, 5.41) is 3.01. The van der Waals surface area contributed by atoms with Gasteiger partial charge in [-0.25, -0.2) is 4.39 Å². The maximum atomic E-state index is 14.7. The molecule has 3 rings (SSSR count). The highest BCUT2D eigenvalue weighted by atomic mass is 19.1. The quantitative estimate of drug-likeness (QED) is 0.318. The lowest BCUT2D eigenvalue weighted by Gasteiger charge is -2.32. The monoisotopic (exact) mass is 516 g/mol. The summed E-state index contributed by atoms with van der Waals surface area (Å²) in [5.74, 6) is -0.511. The molecule has 1 atom stereocenters. The Labute approximate surface area is 227 Å². The minimum atomic E-state index is -0.758. The Hall–Kier alpha value is -3.47. The van der Waals surface area contributed by atoms with E-state index in [1.807, 2.05) is 44.2 Å². The highest BCUT2D eigenvalue weighted by Gasteiger charge is 2.30. The summed E-state index contributed by atoms with van der Waals surface area (Å²) in [5.41, 5.74) is 3.69. The molecular weight excluding hydrogens is 475 g/mol. The Morgan fingerprint density at radius 1 is 0.868 bits per heavy atom. The molecule has 5 heteroatoms. The van der Waals surface area contributed by atoms with Crippen molar-refractivity contribution in [2.75, 3.05) is 6.54 Å². The average molecular weight is 517 g/mol. The highest BCUT2D eigenvalue weighted by Crippen LogP contribution is 2.23. The Morgan fingerprint density at radius 3 is 2.11 bits per heavy atom. The lowest BCUT2D eigenvalue weighted by atomic mass is 9.86. The van der Waals surface area contributed by atoms with Crippen molar-refractivity contribution in [3.63, 3.8) is 0 Å². The van der Waals surface area contributed by atoms with E-state index in [1.54, 1.807) is 23.1 Å². The normalized spacial score (nSPS) is 12.3. The van der Waals surface area contributed by atoms with E-state index in [1.165, 1.54) is 11.6 Å². The number of carbonyl (C=O) groups is 2. The van der Waals surface area contributed by atoms with Gasteiger partial charge < -0.3 is 10.2 Å². The molecular formula is C33H41FN2O2. The fourth-order valence-electron chi connectivity index (χ4n) is 4.35.